The molecule has 4 rings (SSSR count). The van der Waals surface area contributed by atoms with Gasteiger partial charge in [0.05, 0.1) is 5.69 Å². The molecular formula is C22H13Cl2IN2O. The van der Waals surface area contributed by atoms with E-state index in [0.717, 1.165) is 27.9 Å². The van der Waals surface area contributed by atoms with Gasteiger partial charge in [0.15, 0.2) is 5.58 Å². The van der Waals surface area contributed by atoms with Gasteiger partial charge in [-0.25, -0.2) is 4.98 Å². The van der Waals surface area contributed by atoms with Crippen molar-refractivity contribution in [3.63, 3.8) is 0 Å². The van der Waals surface area contributed by atoms with Crippen LogP contribution in [0.5, 0.6) is 0 Å². The van der Waals surface area contributed by atoms with Gasteiger partial charge >= 0.3 is 0 Å². The van der Waals surface area contributed by atoms with Crippen molar-refractivity contribution in [1.82, 2.24) is 4.98 Å². The Morgan fingerprint density at radius 3 is 2.57 bits per heavy atom. The monoisotopic (exact) mass is 518 g/mol. The van der Waals surface area contributed by atoms with Gasteiger partial charge < -0.3 is 4.42 Å². The van der Waals surface area contributed by atoms with Crippen molar-refractivity contribution in [3.05, 3.63) is 85.9 Å². The maximum atomic E-state index is 6.15. The first-order valence-electron chi connectivity index (χ1n) is 8.41. The molecule has 0 unspecified atom stereocenters. The molecule has 0 bridgehead atoms. The second kappa shape index (κ2) is 8.47. The third-order valence-electron chi connectivity index (χ3n) is 4.01. The molecule has 28 heavy (non-hydrogen) atoms. The first-order valence-corrected chi connectivity index (χ1v) is 10.2. The summed E-state index contributed by atoms with van der Waals surface area (Å²) in [6.07, 6.45) is 5.43. The summed E-state index contributed by atoms with van der Waals surface area (Å²) in [6, 6.07) is 19.1. The Balaban J connectivity index is 1.53. The minimum atomic E-state index is 0.601. The van der Waals surface area contributed by atoms with E-state index in [-0.39, 0.29) is 0 Å². The van der Waals surface area contributed by atoms with Gasteiger partial charge in [-0.1, -0.05) is 35.3 Å². The van der Waals surface area contributed by atoms with E-state index in [4.69, 9.17) is 27.6 Å². The molecule has 3 aromatic carbocycles. The smallest absolute Gasteiger partial charge is 0.227 e. The molecular weight excluding hydrogens is 506 g/mol. The highest BCUT2D eigenvalue weighted by molar-refractivity contribution is 14.1. The van der Waals surface area contributed by atoms with Crippen molar-refractivity contribution in [2.45, 2.75) is 0 Å². The van der Waals surface area contributed by atoms with E-state index in [1.54, 1.807) is 18.3 Å². The van der Waals surface area contributed by atoms with Crippen LogP contribution in [0.3, 0.4) is 0 Å². The minimum Gasteiger partial charge on any atom is -0.436 e. The Hall–Kier alpha value is -2.15. The minimum absolute atomic E-state index is 0.601. The summed E-state index contributed by atoms with van der Waals surface area (Å²) in [7, 11) is 0. The SMILES string of the molecule is Clc1ccc(C=CC=Nc2ccc3oc(-c4ccc(I)cc4)nc3c2)c(Cl)c1. The zero-order chi connectivity index (χ0) is 19.5. The molecule has 6 heteroatoms. The Kier molecular flexibility index (Phi) is 5.80. The van der Waals surface area contributed by atoms with Gasteiger partial charge in [0.1, 0.15) is 5.52 Å². The topological polar surface area (TPSA) is 38.4 Å². The molecule has 0 amide bonds. The standard InChI is InChI=1S/C22H13Cl2IN2O/c23-16-6-3-14(19(24)12-16)2-1-11-26-18-9-10-21-20(13-18)27-22(28-21)15-4-7-17(25)8-5-15/h1-13H. The summed E-state index contributed by atoms with van der Waals surface area (Å²) >= 11 is 14.3. The van der Waals surface area contributed by atoms with Crippen LogP contribution >= 0.6 is 45.8 Å². The lowest BCUT2D eigenvalue weighted by Gasteiger charge is -1.97. The van der Waals surface area contributed by atoms with E-state index in [9.17, 15) is 0 Å². The van der Waals surface area contributed by atoms with Crippen LogP contribution in [-0.4, -0.2) is 11.2 Å². The Labute approximate surface area is 185 Å². The number of hydrogen-bond donors (Lipinski definition) is 0. The van der Waals surface area contributed by atoms with E-state index in [2.05, 4.69) is 32.6 Å². The Bertz CT molecular complexity index is 1200. The third-order valence-corrected chi connectivity index (χ3v) is 5.29. The fraction of sp³-hybridized carbons (Fsp3) is 0. The van der Waals surface area contributed by atoms with Crippen molar-refractivity contribution < 1.29 is 4.42 Å². The highest BCUT2D eigenvalue weighted by Crippen LogP contribution is 2.27. The van der Waals surface area contributed by atoms with Crippen LogP contribution in [0.2, 0.25) is 10.0 Å². The van der Waals surface area contributed by atoms with Crippen LogP contribution < -0.4 is 0 Å². The van der Waals surface area contributed by atoms with Crippen molar-refractivity contribution in [2.75, 3.05) is 0 Å². The van der Waals surface area contributed by atoms with E-state index in [1.807, 2.05) is 60.7 Å². The zero-order valence-electron chi connectivity index (χ0n) is 14.4. The third kappa shape index (κ3) is 4.46. The molecule has 0 aliphatic heterocycles. The average Bonchev–Trinajstić information content (AvgIpc) is 3.10. The lowest BCUT2D eigenvalue weighted by atomic mass is 10.2. The number of hydrogen-bond acceptors (Lipinski definition) is 3. The number of aliphatic imine (C=N–C) groups is 1. The summed E-state index contributed by atoms with van der Waals surface area (Å²) in [5.41, 5.74) is 4.13. The van der Waals surface area contributed by atoms with Crippen LogP contribution in [0.15, 0.2) is 76.1 Å². The molecule has 138 valence electrons. The van der Waals surface area contributed by atoms with Gasteiger partial charge in [-0.3, -0.25) is 4.99 Å². The maximum Gasteiger partial charge on any atom is 0.227 e. The number of benzene rings is 3. The molecule has 0 fully saturated rings. The second-order valence-electron chi connectivity index (χ2n) is 5.98. The summed E-state index contributed by atoms with van der Waals surface area (Å²) < 4.78 is 7.02. The molecule has 1 heterocycles. The highest BCUT2D eigenvalue weighted by Gasteiger charge is 2.08. The first kappa shape index (κ1) is 19.2. The van der Waals surface area contributed by atoms with Crippen molar-refractivity contribution >= 4 is 74.9 Å². The predicted molar refractivity (Wildman–Crippen MR) is 126 cm³/mol. The summed E-state index contributed by atoms with van der Waals surface area (Å²) in [5.74, 6) is 0.602. The van der Waals surface area contributed by atoms with Gasteiger partial charge in [-0.2, -0.15) is 0 Å². The molecule has 0 spiro atoms. The van der Waals surface area contributed by atoms with Crippen LogP contribution in [0, 0.1) is 3.57 Å². The van der Waals surface area contributed by atoms with Crippen LogP contribution in [0.4, 0.5) is 5.69 Å². The lowest BCUT2D eigenvalue weighted by molar-refractivity contribution is 0.620. The summed E-state index contributed by atoms with van der Waals surface area (Å²) in [5, 5.41) is 1.21. The van der Waals surface area contributed by atoms with Crippen molar-refractivity contribution in [2.24, 2.45) is 4.99 Å². The normalized spacial score (nSPS) is 11.8. The van der Waals surface area contributed by atoms with Crippen molar-refractivity contribution in [3.8, 4) is 11.5 Å². The van der Waals surface area contributed by atoms with E-state index < -0.39 is 0 Å². The molecule has 1 aromatic heterocycles. The van der Waals surface area contributed by atoms with Gasteiger partial charge in [0, 0.05) is 25.4 Å². The fourth-order valence-electron chi connectivity index (χ4n) is 2.62. The largest absolute Gasteiger partial charge is 0.436 e. The van der Waals surface area contributed by atoms with Crippen LogP contribution in [0.25, 0.3) is 28.6 Å². The molecule has 4 aromatic rings. The molecule has 0 atom stereocenters. The highest BCUT2D eigenvalue weighted by atomic mass is 127. The number of halogens is 3. The number of fused-ring (bicyclic) bond motifs is 1. The number of allylic oxidation sites excluding steroid dienone is 1. The zero-order valence-corrected chi connectivity index (χ0v) is 18.1. The second-order valence-corrected chi connectivity index (χ2v) is 8.07. The van der Waals surface area contributed by atoms with Gasteiger partial charge in [0.25, 0.3) is 0 Å². The number of nitrogens with zero attached hydrogens (tertiary/aromatic N) is 2. The van der Waals surface area contributed by atoms with E-state index in [0.29, 0.717) is 15.9 Å². The Morgan fingerprint density at radius 2 is 1.79 bits per heavy atom. The quantitative estimate of drug-likeness (QED) is 0.204. The average molecular weight is 519 g/mol. The van der Waals surface area contributed by atoms with E-state index >= 15 is 0 Å². The molecule has 0 saturated heterocycles. The molecule has 0 saturated carbocycles. The van der Waals surface area contributed by atoms with Gasteiger partial charge in [0.2, 0.25) is 5.89 Å². The predicted octanol–water partition coefficient (Wildman–Crippen LogP) is 7.82. The summed E-state index contributed by atoms with van der Waals surface area (Å²) in [6.45, 7) is 0. The number of oxazole rings is 1. The molecule has 0 N–H and O–H groups in total. The molecule has 0 radical (unpaired) electrons. The maximum absolute atomic E-state index is 6.15. The van der Waals surface area contributed by atoms with Gasteiger partial charge in [-0.15, -0.1) is 0 Å². The molecule has 3 nitrogen and oxygen atoms in total. The molecule has 0 aliphatic carbocycles. The summed E-state index contributed by atoms with van der Waals surface area (Å²) in [4.78, 5) is 9.03. The fourth-order valence-corrected chi connectivity index (χ4v) is 3.46. The van der Waals surface area contributed by atoms with E-state index in [1.165, 1.54) is 3.57 Å². The molecule has 0 aliphatic rings. The van der Waals surface area contributed by atoms with Crippen LogP contribution in [0.1, 0.15) is 5.56 Å². The lowest BCUT2D eigenvalue weighted by Crippen LogP contribution is -1.77. The van der Waals surface area contributed by atoms with Crippen molar-refractivity contribution in [1.29, 1.82) is 0 Å². The number of rotatable bonds is 4. The Morgan fingerprint density at radius 1 is 0.964 bits per heavy atom. The van der Waals surface area contributed by atoms with Crippen LogP contribution in [-0.2, 0) is 0 Å². The first-order chi connectivity index (χ1) is 13.6. The van der Waals surface area contributed by atoms with Gasteiger partial charge in [-0.05, 0) is 88.8 Å². The number of aromatic nitrogens is 1.